The van der Waals surface area contributed by atoms with Crippen LogP contribution in [0.1, 0.15) is 36.2 Å². The molecule has 1 aliphatic heterocycles. The van der Waals surface area contributed by atoms with Crippen LogP contribution >= 0.6 is 11.6 Å². The van der Waals surface area contributed by atoms with Crippen LogP contribution in [0.2, 0.25) is 5.02 Å². The molecule has 156 valence electrons. The number of anilines is 1. The molecule has 1 heterocycles. The van der Waals surface area contributed by atoms with Crippen LogP contribution in [0, 0.1) is 12.8 Å². The molecule has 1 N–H and O–H groups in total. The Hall–Kier alpha value is -3.19. The van der Waals surface area contributed by atoms with Crippen LogP contribution in [-0.4, -0.2) is 34.7 Å². The highest BCUT2D eigenvalue weighted by Gasteiger charge is 2.45. The molecule has 4 amide bonds. The van der Waals surface area contributed by atoms with Crippen LogP contribution < -0.4 is 10.3 Å². The Bertz CT molecular complexity index is 1000. The number of hydrazine groups is 1. The van der Waals surface area contributed by atoms with E-state index in [2.05, 4.69) is 5.43 Å². The zero-order valence-electron chi connectivity index (χ0n) is 16.9. The summed E-state index contributed by atoms with van der Waals surface area (Å²) in [7, 11) is 0. The zero-order chi connectivity index (χ0) is 22.0. The normalized spacial score (nSPS) is 16.2. The van der Waals surface area contributed by atoms with Gasteiger partial charge in [0, 0.05) is 16.5 Å². The second-order valence-electron chi connectivity index (χ2n) is 7.44. The van der Waals surface area contributed by atoms with Gasteiger partial charge in [-0.2, -0.15) is 0 Å². The summed E-state index contributed by atoms with van der Waals surface area (Å²) >= 11 is 5.94. The minimum atomic E-state index is -1.13. The molecular formula is C22H22ClN3O4. The maximum Gasteiger partial charge on any atom is 0.269 e. The van der Waals surface area contributed by atoms with Gasteiger partial charge in [-0.05, 0) is 37.3 Å². The standard InChI is InChI=1S/C22H22ClN3O4/c1-13(2)21(29)26(24-20(28)15-5-4-6-16(23)11-15)18-12-19(27)25(22(18)30)17-9-7-14(3)8-10-17/h4-11,13,18H,12H2,1-3H3,(H,24,28)/t18-/m0/s1. The van der Waals surface area contributed by atoms with Gasteiger partial charge in [0.15, 0.2) is 0 Å². The summed E-state index contributed by atoms with van der Waals surface area (Å²) in [4.78, 5) is 52.2. The van der Waals surface area contributed by atoms with Crippen LogP contribution in [0.25, 0.3) is 0 Å². The molecule has 2 aromatic rings. The number of carbonyl (C=O) groups excluding carboxylic acids is 4. The van der Waals surface area contributed by atoms with Crippen LogP contribution in [-0.2, 0) is 14.4 Å². The van der Waals surface area contributed by atoms with E-state index in [0.717, 1.165) is 15.5 Å². The number of benzene rings is 2. The number of carbonyl (C=O) groups is 4. The number of halogens is 1. The van der Waals surface area contributed by atoms with Crippen molar-refractivity contribution in [3.8, 4) is 0 Å². The van der Waals surface area contributed by atoms with Crippen molar-refractivity contribution >= 4 is 40.9 Å². The molecule has 0 bridgehead atoms. The van der Waals surface area contributed by atoms with Gasteiger partial charge in [0.2, 0.25) is 11.8 Å². The quantitative estimate of drug-likeness (QED) is 0.600. The number of nitrogens with one attached hydrogen (secondary N) is 1. The molecule has 0 aliphatic carbocycles. The zero-order valence-corrected chi connectivity index (χ0v) is 17.6. The number of rotatable bonds is 4. The van der Waals surface area contributed by atoms with Crippen LogP contribution in [0.15, 0.2) is 48.5 Å². The van der Waals surface area contributed by atoms with Crippen molar-refractivity contribution < 1.29 is 19.2 Å². The molecule has 0 unspecified atom stereocenters. The number of nitrogens with zero attached hydrogens (tertiary/aromatic N) is 2. The fourth-order valence-electron chi connectivity index (χ4n) is 3.15. The lowest BCUT2D eigenvalue weighted by Gasteiger charge is -2.29. The number of amides is 4. The second kappa shape index (κ2) is 8.67. The number of hydrogen-bond acceptors (Lipinski definition) is 4. The minimum Gasteiger partial charge on any atom is -0.274 e. The Morgan fingerprint density at radius 1 is 1.13 bits per heavy atom. The molecular weight excluding hydrogens is 406 g/mol. The Morgan fingerprint density at radius 2 is 1.80 bits per heavy atom. The molecule has 7 nitrogen and oxygen atoms in total. The summed E-state index contributed by atoms with van der Waals surface area (Å²) in [6.45, 7) is 5.20. The van der Waals surface area contributed by atoms with Gasteiger partial charge >= 0.3 is 0 Å². The molecule has 0 saturated carbocycles. The van der Waals surface area contributed by atoms with Crippen LogP contribution in [0.5, 0.6) is 0 Å². The Balaban J connectivity index is 1.89. The Kier molecular flexibility index (Phi) is 6.22. The molecule has 2 aromatic carbocycles. The van der Waals surface area contributed by atoms with Crippen molar-refractivity contribution in [1.29, 1.82) is 0 Å². The highest BCUT2D eigenvalue weighted by Crippen LogP contribution is 2.26. The summed E-state index contributed by atoms with van der Waals surface area (Å²) in [6, 6.07) is 12.0. The first-order chi connectivity index (χ1) is 14.2. The maximum absolute atomic E-state index is 13.1. The lowest BCUT2D eigenvalue weighted by molar-refractivity contribution is -0.143. The van der Waals surface area contributed by atoms with Gasteiger partial charge < -0.3 is 0 Å². The number of aryl methyl sites for hydroxylation is 1. The third-order valence-electron chi connectivity index (χ3n) is 4.77. The van der Waals surface area contributed by atoms with Gasteiger partial charge in [-0.25, -0.2) is 9.91 Å². The van der Waals surface area contributed by atoms with E-state index in [-0.39, 0.29) is 12.0 Å². The molecule has 1 atom stereocenters. The van der Waals surface area contributed by atoms with E-state index in [1.165, 1.54) is 6.07 Å². The minimum absolute atomic E-state index is 0.221. The maximum atomic E-state index is 13.1. The van der Waals surface area contributed by atoms with E-state index in [1.54, 1.807) is 56.3 Å². The van der Waals surface area contributed by atoms with Crippen LogP contribution in [0.4, 0.5) is 5.69 Å². The predicted molar refractivity (Wildman–Crippen MR) is 113 cm³/mol. The lowest BCUT2D eigenvalue weighted by Crippen LogP contribution is -2.55. The van der Waals surface area contributed by atoms with Gasteiger partial charge in [-0.3, -0.25) is 24.6 Å². The van der Waals surface area contributed by atoms with Crippen LogP contribution in [0.3, 0.4) is 0 Å². The van der Waals surface area contributed by atoms with Gasteiger partial charge in [0.25, 0.3) is 11.8 Å². The molecule has 3 rings (SSSR count). The third kappa shape index (κ3) is 4.36. The smallest absolute Gasteiger partial charge is 0.269 e. The van der Waals surface area contributed by atoms with Crippen molar-refractivity contribution in [3.63, 3.8) is 0 Å². The molecule has 8 heteroatoms. The molecule has 0 aromatic heterocycles. The largest absolute Gasteiger partial charge is 0.274 e. The van der Waals surface area contributed by atoms with Gasteiger partial charge in [-0.1, -0.05) is 49.2 Å². The molecule has 1 aliphatic rings. The average molecular weight is 428 g/mol. The molecule has 1 fully saturated rings. The summed E-state index contributed by atoms with van der Waals surface area (Å²) in [6.07, 6.45) is -0.221. The van der Waals surface area contributed by atoms with Gasteiger partial charge in [0.05, 0.1) is 12.1 Å². The van der Waals surface area contributed by atoms with E-state index >= 15 is 0 Å². The highest BCUT2D eigenvalue weighted by atomic mass is 35.5. The molecule has 30 heavy (non-hydrogen) atoms. The van der Waals surface area contributed by atoms with E-state index in [4.69, 9.17) is 11.6 Å². The fraction of sp³-hybridized carbons (Fsp3) is 0.273. The lowest BCUT2D eigenvalue weighted by atomic mass is 10.1. The Morgan fingerprint density at radius 3 is 2.40 bits per heavy atom. The monoisotopic (exact) mass is 427 g/mol. The van der Waals surface area contributed by atoms with Crippen molar-refractivity contribution in [2.24, 2.45) is 5.92 Å². The van der Waals surface area contributed by atoms with Crippen molar-refractivity contribution in [3.05, 3.63) is 64.7 Å². The molecule has 1 saturated heterocycles. The molecule has 0 radical (unpaired) electrons. The van der Waals surface area contributed by atoms with Crippen molar-refractivity contribution in [1.82, 2.24) is 10.4 Å². The van der Waals surface area contributed by atoms with E-state index < -0.39 is 35.6 Å². The number of imide groups is 1. The summed E-state index contributed by atoms with van der Waals surface area (Å²) in [5.74, 6) is -2.57. The average Bonchev–Trinajstić information content (AvgIpc) is 3.00. The fourth-order valence-corrected chi connectivity index (χ4v) is 3.34. The predicted octanol–water partition coefficient (Wildman–Crippen LogP) is 3.11. The third-order valence-corrected chi connectivity index (χ3v) is 5.00. The van der Waals surface area contributed by atoms with Crippen molar-refractivity contribution in [2.45, 2.75) is 33.2 Å². The van der Waals surface area contributed by atoms with Crippen molar-refractivity contribution in [2.75, 3.05) is 4.90 Å². The second-order valence-corrected chi connectivity index (χ2v) is 7.87. The van der Waals surface area contributed by atoms with E-state index in [9.17, 15) is 19.2 Å². The topological polar surface area (TPSA) is 86.8 Å². The van der Waals surface area contributed by atoms with Gasteiger partial charge in [-0.15, -0.1) is 0 Å². The number of hydrogen-bond donors (Lipinski definition) is 1. The first-order valence-corrected chi connectivity index (χ1v) is 9.90. The molecule has 0 spiro atoms. The van der Waals surface area contributed by atoms with E-state index in [0.29, 0.717) is 10.7 Å². The summed E-state index contributed by atoms with van der Waals surface area (Å²) < 4.78 is 0. The summed E-state index contributed by atoms with van der Waals surface area (Å²) in [5.41, 5.74) is 4.15. The first-order valence-electron chi connectivity index (χ1n) is 9.52. The highest BCUT2D eigenvalue weighted by molar-refractivity contribution is 6.31. The Labute approximate surface area is 179 Å². The van der Waals surface area contributed by atoms with E-state index in [1.807, 2.05) is 6.92 Å². The first kappa shape index (κ1) is 21.5. The SMILES string of the molecule is Cc1ccc(N2C(=O)C[C@H](N(NC(=O)c3cccc(Cl)c3)C(=O)C(C)C)C2=O)cc1. The van der Waals surface area contributed by atoms with Gasteiger partial charge in [0.1, 0.15) is 6.04 Å². The summed E-state index contributed by atoms with van der Waals surface area (Å²) in [5, 5.41) is 1.34.